The standard InChI is InChI=1S/C28H26Cl2N2O3/c29-15-7-19-33-23-11-5-13-25(27(23)21-9-1-3-17-31-21)35-26-14-6-12-24(34-20-8-16-30)28(26)22-10-2-4-18-32-22/h1-6,9-14,17-18H,7-8,15-16,19-20H2. The van der Waals surface area contributed by atoms with E-state index in [-0.39, 0.29) is 0 Å². The lowest BCUT2D eigenvalue weighted by Crippen LogP contribution is -2.03. The van der Waals surface area contributed by atoms with Gasteiger partial charge in [0.05, 0.1) is 35.7 Å². The molecule has 4 rings (SSSR count). The van der Waals surface area contributed by atoms with Crippen molar-refractivity contribution in [3.63, 3.8) is 0 Å². The molecule has 2 aromatic heterocycles. The molecule has 0 bridgehead atoms. The van der Waals surface area contributed by atoms with E-state index in [2.05, 4.69) is 9.97 Å². The van der Waals surface area contributed by atoms with Gasteiger partial charge in [0.25, 0.3) is 0 Å². The molecule has 5 nitrogen and oxygen atoms in total. The molecule has 2 aromatic carbocycles. The highest BCUT2D eigenvalue weighted by atomic mass is 35.5. The Hall–Kier alpha value is -3.28. The van der Waals surface area contributed by atoms with Crippen molar-refractivity contribution in [2.75, 3.05) is 25.0 Å². The highest BCUT2D eigenvalue weighted by molar-refractivity contribution is 6.18. The summed E-state index contributed by atoms with van der Waals surface area (Å²) in [7, 11) is 0. The Labute approximate surface area is 215 Å². The van der Waals surface area contributed by atoms with Crippen LogP contribution in [0.25, 0.3) is 22.5 Å². The number of alkyl halides is 2. The van der Waals surface area contributed by atoms with Gasteiger partial charge in [0.1, 0.15) is 23.0 Å². The summed E-state index contributed by atoms with van der Waals surface area (Å²) in [6.45, 7) is 0.992. The molecule has 0 atom stereocenters. The molecule has 0 unspecified atom stereocenters. The highest BCUT2D eigenvalue weighted by Gasteiger charge is 2.19. The maximum Gasteiger partial charge on any atom is 0.140 e. The fourth-order valence-corrected chi connectivity index (χ4v) is 3.77. The Morgan fingerprint density at radius 1 is 0.543 bits per heavy atom. The molecule has 35 heavy (non-hydrogen) atoms. The number of hydrogen-bond acceptors (Lipinski definition) is 5. The van der Waals surface area contributed by atoms with Crippen molar-refractivity contribution in [1.82, 2.24) is 9.97 Å². The second-order valence-corrected chi connectivity index (χ2v) is 8.33. The fourth-order valence-electron chi connectivity index (χ4n) is 3.55. The second-order valence-electron chi connectivity index (χ2n) is 7.57. The molecule has 180 valence electrons. The monoisotopic (exact) mass is 508 g/mol. The number of benzene rings is 2. The summed E-state index contributed by atoms with van der Waals surface area (Å²) >= 11 is 11.7. The molecular weight excluding hydrogens is 483 g/mol. The van der Waals surface area contributed by atoms with Crippen LogP contribution in [0.4, 0.5) is 0 Å². The number of rotatable bonds is 12. The Morgan fingerprint density at radius 3 is 1.40 bits per heavy atom. The smallest absolute Gasteiger partial charge is 0.140 e. The zero-order valence-electron chi connectivity index (χ0n) is 19.2. The zero-order chi connectivity index (χ0) is 24.3. The van der Waals surface area contributed by atoms with Gasteiger partial charge in [-0.05, 0) is 61.4 Å². The number of hydrogen-bond donors (Lipinski definition) is 0. The first-order chi connectivity index (χ1) is 17.3. The first-order valence-electron chi connectivity index (χ1n) is 11.5. The van der Waals surface area contributed by atoms with E-state index in [4.69, 9.17) is 37.4 Å². The Morgan fingerprint density at radius 2 is 1.00 bits per heavy atom. The first-order valence-corrected chi connectivity index (χ1v) is 12.5. The molecule has 0 amide bonds. The zero-order valence-corrected chi connectivity index (χ0v) is 20.7. The summed E-state index contributed by atoms with van der Waals surface area (Å²) in [4.78, 5) is 9.11. The molecule has 0 aliphatic carbocycles. The molecule has 0 saturated heterocycles. The first kappa shape index (κ1) is 24.8. The van der Waals surface area contributed by atoms with Crippen LogP contribution in [-0.4, -0.2) is 34.9 Å². The van der Waals surface area contributed by atoms with Crippen LogP contribution in [0.5, 0.6) is 23.0 Å². The number of halogens is 2. The van der Waals surface area contributed by atoms with Gasteiger partial charge in [-0.1, -0.05) is 24.3 Å². The fraction of sp³-hybridized carbons (Fsp3) is 0.214. The molecule has 7 heteroatoms. The van der Waals surface area contributed by atoms with Crippen molar-refractivity contribution in [2.24, 2.45) is 0 Å². The molecule has 0 radical (unpaired) electrons. The van der Waals surface area contributed by atoms with Crippen LogP contribution < -0.4 is 14.2 Å². The minimum Gasteiger partial charge on any atom is -0.493 e. The number of aromatic nitrogens is 2. The summed E-state index contributed by atoms with van der Waals surface area (Å²) in [6.07, 6.45) is 4.97. The van der Waals surface area contributed by atoms with E-state index in [1.165, 1.54) is 0 Å². The van der Waals surface area contributed by atoms with Gasteiger partial charge in [0.2, 0.25) is 0 Å². The van der Waals surface area contributed by atoms with Crippen molar-refractivity contribution in [3.05, 3.63) is 85.2 Å². The lowest BCUT2D eigenvalue weighted by molar-refractivity contribution is 0.316. The summed E-state index contributed by atoms with van der Waals surface area (Å²) < 4.78 is 18.7. The van der Waals surface area contributed by atoms with Crippen LogP contribution in [0, 0.1) is 0 Å². The molecule has 0 N–H and O–H groups in total. The Balaban J connectivity index is 1.78. The van der Waals surface area contributed by atoms with Crippen molar-refractivity contribution in [3.8, 4) is 45.5 Å². The number of pyridine rings is 2. The summed E-state index contributed by atoms with van der Waals surface area (Å²) in [5.74, 6) is 3.64. The van der Waals surface area contributed by atoms with Gasteiger partial charge in [-0.2, -0.15) is 0 Å². The molecular formula is C28H26Cl2N2O3. The predicted octanol–water partition coefficient (Wildman–Crippen LogP) is 7.62. The largest absolute Gasteiger partial charge is 0.493 e. The van der Waals surface area contributed by atoms with Gasteiger partial charge in [-0.3, -0.25) is 9.97 Å². The lowest BCUT2D eigenvalue weighted by atomic mass is 10.1. The van der Waals surface area contributed by atoms with E-state index in [0.29, 0.717) is 48.0 Å². The average Bonchev–Trinajstić information content (AvgIpc) is 2.90. The maximum absolute atomic E-state index is 6.55. The van der Waals surface area contributed by atoms with Crippen LogP contribution >= 0.6 is 23.2 Å². The van der Waals surface area contributed by atoms with E-state index >= 15 is 0 Å². The summed E-state index contributed by atoms with van der Waals surface area (Å²) in [6, 6.07) is 22.9. The Bertz CT molecular complexity index is 1110. The maximum atomic E-state index is 6.55. The topological polar surface area (TPSA) is 53.5 Å². The van der Waals surface area contributed by atoms with Gasteiger partial charge >= 0.3 is 0 Å². The molecule has 2 heterocycles. The average molecular weight is 509 g/mol. The van der Waals surface area contributed by atoms with Crippen LogP contribution in [0.3, 0.4) is 0 Å². The van der Waals surface area contributed by atoms with Gasteiger partial charge in [-0.25, -0.2) is 0 Å². The number of nitrogens with zero attached hydrogens (tertiary/aromatic N) is 2. The Kier molecular flexibility index (Phi) is 9.21. The van der Waals surface area contributed by atoms with E-state index in [1.54, 1.807) is 12.4 Å². The van der Waals surface area contributed by atoms with Gasteiger partial charge < -0.3 is 14.2 Å². The van der Waals surface area contributed by atoms with Crippen molar-refractivity contribution in [1.29, 1.82) is 0 Å². The van der Waals surface area contributed by atoms with Crippen LogP contribution in [-0.2, 0) is 0 Å². The molecule has 0 aliphatic rings. The minimum atomic E-state index is 0.496. The molecule has 4 aromatic rings. The van der Waals surface area contributed by atoms with Crippen LogP contribution in [0.1, 0.15) is 12.8 Å². The highest BCUT2D eigenvalue weighted by Crippen LogP contribution is 2.44. The summed E-state index contributed by atoms with van der Waals surface area (Å²) in [5.41, 5.74) is 3.03. The third-order valence-electron chi connectivity index (χ3n) is 5.11. The second kappa shape index (κ2) is 13.0. The van der Waals surface area contributed by atoms with E-state index in [0.717, 1.165) is 35.4 Å². The lowest BCUT2D eigenvalue weighted by Gasteiger charge is -2.19. The van der Waals surface area contributed by atoms with Gasteiger partial charge in [-0.15, -0.1) is 23.2 Å². The minimum absolute atomic E-state index is 0.496. The van der Waals surface area contributed by atoms with Crippen LogP contribution in [0.2, 0.25) is 0 Å². The third-order valence-corrected chi connectivity index (χ3v) is 5.64. The van der Waals surface area contributed by atoms with E-state index < -0.39 is 0 Å². The van der Waals surface area contributed by atoms with Crippen molar-refractivity contribution < 1.29 is 14.2 Å². The predicted molar refractivity (Wildman–Crippen MR) is 141 cm³/mol. The van der Waals surface area contributed by atoms with Crippen molar-refractivity contribution in [2.45, 2.75) is 12.8 Å². The van der Waals surface area contributed by atoms with Gasteiger partial charge in [0.15, 0.2) is 0 Å². The SMILES string of the molecule is ClCCCOc1cccc(Oc2cccc(OCCCCl)c2-c2ccccn2)c1-c1ccccn1. The third kappa shape index (κ3) is 6.44. The normalized spacial score (nSPS) is 10.7. The van der Waals surface area contributed by atoms with Gasteiger partial charge in [0, 0.05) is 24.2 Å². The van der Waals surface area contributed by atoms with Crippen LogP contribution in [0.15, 0.2) is 85.2 Å². The quantitative estimate of drug-likeness (QED) is 0.145. The molecule has 0 spiro atoms. The molecule has 0 aliphatic heterocycles. The van der Waals surface area contributed by atoms with E-state index in [1.807, 2.05) is 72.8 Å². The van der Waals surface area contributed by atoms with Crippen molar-refractivity contribution >= 4 is 23.2 Å². The summed E-state index contributed by atoms with van der Waals surface area (Å²) in [5, 5.41) is 0. The molecule has 0 saturated carbocycles. The van der Waals surface area contributed by atoms with E-state index in [9.17, 15) is 0 Å². The molecule has 0 fully saturated rings. The number of ether oxygens (including phenoxy) is 3.